The van der Waals surface area contributed by atoms with Gasteiger partial charge in [0.2, 0.25) is 10.0 Å². The predicted molar refractivity (Wildman–Crippen MR) is 82.8 cm³/mol. The third-order valence-corrected chi connectivity index (χ3v) is 4.61. The summed E-state index contributed by atoms with van der Waals surface area (Å²) in [6.45, 7) is 2.95. The molecular weight excluding hydrogens is 292 g/mol. The summed E-state index contributed by atoms with van der Waals surface area (Å²) >= 11 is 0. The number of hydrogen-bond acceptors (Lipinski definition) is 5. The molecule has 1 amide bonds. The zero-order valence-corrected chi connectivity index (χ0v) is 13.4. The molecule has 0 aromatic carbocycles. The first kappa shape index (κ1) is 17.4. The second kappa shape index (κ2) is 7.94. The van der Waals surface area contributed by atoms with Crippen LogP contribution in [0.15, 0.2) is 18.3 Å². The fourth-order valence-corrected chi connectivity index (χ4v) is 2.19. The van der Waals surface area contributed by atoms with Crippen LogP contribution >= 0.6 is 0 Å². The Bertz CT molecular complexity index is 555. The number of nitrogens with one attached hydrogen (secondary N) is 2. The highest BCUT2D eigenvalue weighted by atomic mass is 32.2. The van der Waals surface area contributed by atoms with Gasteiger partial charge in [0.25, 0.3) is 5.91 Å². The average molecular weight is 314 g/mol. The molecule has 118 valence electrons. The number of hydrogen-bond donors (Lipinski definition) is 2. The fourth-order valence-electron chi connectivity index (χ4n) is 1.47. The van der Waals surface area contributed by atoms with Crippen molar-refractivity contribution in [1.82, 2.24) is 14.6 Å². The van der Waals surface area contributed by atoms with Gasteiger partial charge in [0.05, 0.1) is 17.6 Å². The molecule has 0 saturated heterocycles. The molecule has 21 heavy (non-hydrogen) atoms. The summed E-state index contributed by atoms with van der Waals surface area (Å²) in [7, 11) is -0.387. The molecule has 2 N–H and O–H groups in total. The van der Waals surface area contributed by atoms with Crippen LogP contribution in [0.25, 0.3) is 0 Å². The minimum Gasteiger partial charge on any atom is -0.384 e. The summed E-state index contributed by atoms with van der Waals surface area (Å²) in [5.74, 6) is -0.520. The van der Waals surface area contributed by atoms with Crippen LogP contribution in [0.2, 0.25) is 0 Å². The lowest BCUT2D eigenvalue weighted by molar-refractivity contribution is 0.0951. The summed E-state index contributed by atoms with van der Waals surface area (Å²) in [6.07, 6.45) is 2.59. The molecule has 1 heterocycles. The molecule has 0 fully saturated rings. The second-order valence-electron chi connectivity index (χ2n) is 4.71. The lowest BCUT2D eigenvalue weighted by atomic mass is 10.3. The van der Waals surface area contributed by atoms with Crippen molar-refractivity contribution in [2.24, 2.45) is 0 Å². The number of carbonyl (C=O) groups is 1. The van der Waals surface area contributed by atoms with Crippen LogP contribution < -0.4 is 10.6 Å². The zero-order valence-electron chi connectivity index (χ0n) is 12.6. The average Bonchev–Trinajstić information content (AvgIpc) is 2.45. The van der Waals surface area contributed by atoms with Gasteiger partial charge in [0, 0.05) is 27.2 Å². The van der Waals surface area contributed by atoms with Crippen molar-refractivity contribution in [1.29, 1.82) is 0 Å². The molecule has 1 rings (SSSR count). The first-order chi connectivity index (χ1) is 9.86. The van der Waals surface area contributed by atoms with Crippen LogP contribution in [0.4, 0.5) is 5.69 Å². The van der Waals surface area contributed by atoms with Crippen LogP contribution in [-0.4, -0.2) is 56.6 Å². The van der Waals surface area contributed by atoms with Gasteiger partial charge in [-0.1, -0.05) is 6.92 Å². The van der Waals surface area contributed by atoms with Crippen molar-refractivity contribution in [3.63, 3.8) is 0 Å². The molecule has 0 radical (unpaired) electrons. The molecule has 0 unspecified atom stereocenters. The number of aromatic nitrogens is 1. The highest BCUT2D eigenvalue weighted by Crippen LogP contribution is 2.06. The number of anilines is 1. The van der Waals surface area contributed by atoms with Gasteiger partial charge in [-0.15, -0.1) is 0 Å². The van der Waals surface area contributed by atoms with E-state index < -0.39 is 10.0 Å². The molecule has 0 aliphatic rings. The Morgan fingerprint density at radius 2 is 2.00 bits per heavy atom. The van der Waals surface area contributed by atoms with Gasteiger partial charge in [-0.3, -0.25) is 4.79 Å². The Balaban J connectivity index is 2.49. The van der Waals surface area contributed by atoms with Crippen LogP contribution in [0, 0.1) is 0 Å². The van der Waals surface area contributed by atoms with Crippen molar-refractivity contribution in [3.8, 4) is 0 Å². The van der Waals surface area contributed by atoms with Crippen molar-refractivity contribution in [2.75, 3.05) is 38.3 Å². The van der Waals surface area contributed by atoms with Crippen LogP contribution in [0.1, 0.15) is 23.8 Å². The van der Waals surface area contributed by atoms with Gasteiger partial charge in [0.1, 0.15) is 5.69 Å². The van der Waals surface area contributed by atoms with Crippen molar-refractivity contribution in [2.45, 2.75) is 13.3 Å². The lowest BCUT2D eigenvalue weighted by Crippen LogP contribution is -2.34. The summed E-state index contributed by atoms with van der Waals surface area (Å²) in [5.41, 5.74) is 1.11. The normalized spacial score (nSPS) is 11.4. The van der Waals surface area contributed by atoms with E-state index in [2.05, 4.69) is 22.5 Å². The molecule has 0 atom stereocenters. The monoisotopic (exact) mass is 314 g/mol. The fraction of sp³-hybridized carbons (Fsp3) is 0.538. The Kier molecular flexibility index (Phi) is 6.57. The van der Waals surface area contributed by atoms with Gasteiger partial charge in [-0.2, -0.15) is 0 Å². The van der Waals surface area contributed by atoms with Gasteiger partial charge in [-0.25, -0.2) is 17.7 Å². The number of amides is 1. The largest absolute Gasteiger partial charge is 0.384 e. The van der Waals surface area contributed by atoms with E-state index in [1.165, 1.54) is 14.1 Å². The van der Waals surface area contributed by atoms with Gasteiger partial charge < -0.3 is 10.6 Å². The number of pyridine rings is 1. The molecule has 0 aliphatic carbocycles. The Hall–Kier alpha value is -1.67. The first-order valence-corrected chi connectivity index (χ1v) is 8.36. The quantitative estimate of drug-likeness (QED) is 0.730. The summed E-state index contributed by atoms with van der Waals surface area (Å²) in [4.78, 5) is 15.9. The highest BCUT2D eigenvalue weighted by molar-refractivity contribution is 7.89. The molecular formula is C13H22N4O3S. The zero-order chi connectivity index (χ0) is 15.9. The Morgan fingerprint density at radius 1 is 1.29 bits per heavy atom. The Labute approximate surface area is 125 Å². The Morgan fingerprint density at radius 3 is 2.52 bits per heavy atom. The molecule has 0 spiro atoms. The van der Waals surface area contributed by atoms with E-state index in [9.17, 15) is 13.2 Å². The van der Waals surface area contributed by atoms with E-state index in [4.69, 9.17) is 0 Å². The molecule has 0 bridgehead atoms. The molecule has 8 heteroatoms. The standard InChI is InChI=1S/C13H22N4O3S/c1-4-7-14-11-5-6-12(16-10-11)13(18)15-8-9-21(19,20)17(2)3/h5-6,10,14H,4,7-9H2,1-3H3,(H,15,18). The molecule has 0 saturated carbocycles. The van der Waals surface area contributed by atoms with Gasteiger partial charge in [-0.05, 0) is 18.6 Å². The second-order valence-corrected chi connectivity index (χ2v) is 7.02. The third-order valence-electron chi connectivity index (χ3n) is 2.78. The van der Waals surface area contributed by atoms with E-state index in [1.54, 1.807) is 18.3 Å². The van der Waals surface area contributed by atoms with E-state index >= 15 is 0 Å². The van der Waals surface area contributed by atoms with E-state index in [-0.39, 0.29) is 23.9 Å². The van der Waals surface area contributed by atoms with Crippen molar-refractivity contribution in [3.05, 3.63) is 24.0 Å². The smallest absolute Gasteiger partial charge is 0.269 e. The first-order valence-electron chi connectivity index (χ1n) is 6.75. The maximum atomic E-state index is 11.8. The minimum absolute atomic E-state index is 0.0524. The maximum Gasteiger partial charge on any atom is 0.269 e. The third kappa shape index (κ3) is 5.68. The SMILES string of the molecule is CCCNc1ccc(C(=O)NCCS(=O)(=O)N(C)C)nc1. The molecule has 7 nitrogen and oxygen atoms in total. The lowest BCUT2D eigenvalue weighted by Gasteiger charge is -2.11. The highest BCUT2D eigenvalue weighted by Gasteiger charge is 2.14. The number of sulfonamides is 1. The number of rotatable bonds is 8. The van der Waals surface area contributed by atoms with Crippen molar-refractivity contribution >= 4 is 21.6 Å². The van der Waals surface area contributed by atoms with E-state index in [1.807, 2.05) is 0 Å². The van der Waals surface area contributed by atoms with Crippen LogP contribution in [-0.2, 0) is 10.0 Å². The maximum absolute atomic E-state index is 11.8. The minimum atomic E-state index is -3.30. The van der Waals surface area contributed by atoms with Crippen molar-refractivity contribution < 1.29 is 13.2 Å². The molecule has 1 aromatic heterocycles. The van der Waals surface area contributed by atoms with Gasteiger partial charge in [0.15, 0.2) is 0 Å². The number of carbonyl (C=O) groups excluding carboxylic acids is 1. The summed E-state index contributed by atoms with van der Waals surface area (Å²) in [5, 5.41) is 5.70. The van der Waals surface area contributed by atoms with E-state index in [0.717, 1.165) is 23.0 Å². The predicted octanol–water partition coefficient (Wildman–Crippen LogP) is 0.525. The van der Waals surface area contributed by atoms with Gasteiger partial charge >= 0.3 is 0 Å². The summed E-state index contributed by atoms with van der Waals surface area (Å²) < 4.78 is 24.2. The van der Waals surface area contributed by atoms with E-state index in [0.29, 0.717) is 0 Å². The number of nitrogens with zero attached hydrogens (tertiary/aromatic N) is 2. The molecule has 0 aliphatic heterocycles. The summed E-state index contributed by atoms with van der Waals surface area (Å²) in [6, 6.07) is 3.38. The topological polar surface area (TPSA) is 91.4 Å². The van der Waals surface area contributed by atoms with Crippen LogP contribution in [0.3, 0.4) is 0 Å². The molecule has 1 aromatic rings. The van der Waals surface area contributed by atoms with Crippen LogP contribution in [0.5, 0.6) is 0 Å².